The lowest BCUT2D eigenvalue weighted by molar-refractivity contribution is 0.276. The van der Waals surface area contributed by atoms with Crippen molar-refractivity contribution in [1.82, 2.24) is 9.55 Å². The van der Waals surface area contributed by atoms with Crippen LogP contribution in [0.15, 0.2) is 36.8 Å². The van der Waals surface area contributed by atoms with Gasteiger partial charge in [-0.2, -0.15) is 0 Å². The Labute approximate surface area is 102 Å². The molecule has 3 rings (SSSR count). The van der Waals surface area contributed by atoms with Crippen molar-refractivity contribution in [3.63, 3.8) is 0 Å². The monoisotopic (exact) mass is 226 g/mol. The number of aryl methyl sites for hydroxylation is 1. The first-order chi connectivity index (χ1) is 8.09. The fraction of sp³-hybridized carbons (Fsp3) is 0.400. The molecule has 0 fully saturated rings. The largest absolute Gasteiger partial charge is 0.327 e. The first-order valence-corrected chi connectivity index (χ1v) is 6.16. The summed E-state index contributed by atoms with van der Waals surface area (Å²) >= 11 is 0. The molecule has 0 radical (unpaired) electrons. The van der Waals surface area contributed by atoms with Gasteiger partial charge in [-0.25, -0.2) is 4.98 Å². The van der Waals surface area contributed by atoms with Gasteiger partial charge in [0.15, 0.2) is 0 Å². The maximum absolute atomic E-state index is 4.27. The van der Waals surface area contributed by atoms with E-state index in [9.17, 15) is 0 Å². The minimum atomic E-state index is 0.259. The fourth-order valence-corrected chi connectivity index (χ4v) is 3.14. The molecule has 0 aliphatic heterocycles. The van der Waals surface area contributed by atoms with Crippen LogP contribution in [0.4, 0.5) is 0 Å². The van der Waals surface area contributed by atoms with Gasteiger partial charge in [0.05, 0.1) is 12.4 Å². The summed E-state index contributed by atoms with van der Waals surface area (Å²) in [4.78, 5) is 4.27. The fourth-order valence-electron chi connectivity index (χ4n) is 3.14. The second kappa shape index (κ2) is 3.46. The minimum Gasteiger partial charge on any atom is -0.327 e. The van der Waals surface area contributed by atoms with Crippen molar-refractivity contribution in [3.8, 4) is 0 Å². The summed E-state index contributed by atoms with van der Waals surface area (Å²) in [6.45, 7) is 6.82. The lowest BCUT2D eigenvalue weighted by Gasteiger charge is -2.29. The van der Waals surface area contributed by atoms with Crippen LogP contribution in [0.2, 0.25) is 0 Å². The van der Waals surface area contributed by atoms with E-state index in [1.807, 2.05) is 12.5 Å². The third-order valence-electron chi connectivity index (χ3n) is 3.87. The normalized spacial score (nSPS) is 21.5. The summed E-state index contributed by atoms with van der Waals surface area (Å²) in [5, 5.41) is 0. The molecule has 1 unspecified atom stereocenters. The van der Waals surface area contributed by atoms with Crippen LogP contribution in [-0.4, -0.2) is 9.55 Å². The maximum atomic E-state index is 4.27. The highest BCUT2D eigenvalue weighted by molar-refractivity contribution is 5.38. The van der Waals surface area contributed by atoms with Gasteiger partial charge in [-0.05, 0) is 29.9 Å². The van der Waals surface area contributed by atoms with Crippen molar-refractivity contribution < 1.29 is 0 Å². The van der Waals surface area contributed by atoms with Crippen LogP contribution in [0, 0.1) is 12.3 Å². The van der Waals surface area contributed by atoms with Crippen molar-refractivity contribution in [2.75, 3.05) is 0 Å². The van der Waals surface area contributed by atoms with E-state index in [2.05, 4.69) is 54.6 Å². The predicted molar refractivity (Wildman–Crippen MR) is 69.0 cm³/mol. The highest BCUT2D eigenvalue weighted by atomic mass is 15.1. The van der Waals surface area contributed by atoms with E-state index < -0.39 is 0 Å². The van der Waals surface area contributed by atoms with Crippen molar-refractivity contribution in [2.45, 2.75) is 33.2 Å². The Morgan fingerprint density at radius 2 is 2.06 bits per heavy atom. The Morgan fingerprint density at radius 3 is 2.76 bits per heavy atom. The van der Waals surface area contributed by atoms with E-state index in [1.165, 1.54) is 16.8 Å². The first kappa shape index (κ1) is 10.6. The molecule has 1 aliphatic rings. The number of hydrogen-bond donors (Lipinski definition) is 0. The summed E-state index contributed by atoms with van der Waals surface area (Å²) in [6.07, 6.45) is 5.05. The number of fused-ring (bicyclic) bond motifs is 1. The van der Waals surface area contributed by atoms with Gasteiger partial charge in [-0.3, -0.25) is 0 Å². The van der Waals surface area contributed by atoms with Crippen LogP contribution in [-0.2, 0) is 6.42 Å². The molecule has 0 saturated heterocycles. The lowest BCUT2D eigenvalue weighted by Crippen LogP contribution is -2.24. The summed E-state index contributed by atoms with van der Waals surface area (Å²) < 4.78 is 2.31. The second-order valence-corrected chi connectivity index (χ2v) is 5.71. The summed E-state index contributed by atoms with van der Waals surface area (Å²) in [5.41, 5.74) is 4.43. The van der Waals surface area contributed by atoms with E-state index in [4.69, 9.17) is 0 Å². The molecule has 1 aliphatic carbocycles. The van der Waals surface area contributed by atoms with Gasteiger partial charge in [0.2, 0.25) is 0 Å². The summed E-state index contributed by atoms with van der Waals surface area (Å²) in [7, 11) is 0. The molecule has 2 heteroatoms. The third-order valence-corrected chi connectivity index (χ3v) is 3.87. The van der Waals surface area contributed by atoms with Crippen LogP contribution in [0.5, 0.6) is 0 Å². The zero-order chi connectivity index (χ0) is 12.0. The van der Waals surface area contributed by atoms with Crippen LogP contribution in [0.1, 0.15) is 36.7 Å². The molecule has 1 aromatic carbocycles. The maximum Gasteiger partial charge on any atom is 0.0954 e. The van der Waals surface area contributed by atoms with Crippen LogP contribution in [0.25, 0.3) is 0 Å². The molecule has 1 atom stereocenters. The van der Waals surface area contributed by atoms with Crippen molar-refractivity contribution in [3.05, 3.63) is 53.6 Å². The van der Waals surface area contributed by atoms with Gasteiger partial charge in [-0.1, -0.05) is 38.1 Å². The number of benzene rings is 1. The minimum absolute atomic E-state index is 0.259. The van der Waals surface area contributed by atoms with E-state index in [-0.39, 0.29) is 5.41 Å². The van der Waals surface area contributed by atoms with Crippen LogP contribution >= 0.6 is 0 Å². The second-order valence-electron chi connectivity index (χ2n) is 5.71. The highest BCUT2D eigenvalue weighted by Gasteiger charge is 2.40. The van der Waals surface area contributed by atoms with Gasteiger partial charge in [0.25, 0.3) is 0 Å². The number of rotatable bonds is 1. The standard InChI is InChI=1S/C15H18N2/c1-11-9-16-10-17(11)14-13-7-5-4-6-12(13)8-15(14,2)3/h4-7,9-10,14H,8H2,1-3H3. The van der Waals surface area contributed by atoms with Gasteiger partial charge in [-0.15, -0.1) is 0 Å². The van der Waals surface area contributed by atoms with Gasteiger partial charge in [0.1, 0.15) is 0 Å². The zero-order valence-corrected chi connectivity index (χ0v) is 10.6. The molecule has 17 heavy (non-hydrogen) atoms. The molecule has 88 valence electrons. The first-order valence-electron chi connectivity index (χ1n) is 6.16. The zero-order valence-electron chi connectivity index (χ0n) is 10.6. The Morgan fingerprint density at radius 1 is 1.29 bits per heavy atom. The van der Waals surface area contributed by atoms with Crippen LogP contribution in [0.3, 0.4) is 0 Å². The molecule has 2 aromatic rings. The quantitative estimate of drug-likeness (QED) is 0.729. The van der Waals surface area contributed by atoms with E-state index in [0.717, 1.165) is 6.42 Å². The smallest absolute Gasteiger partial charge is 0.0954 e. The molecular weight excluding hydrogens is 208 g/mol. The van der Waals surface area contributed by atoms with Gasteiger partial charge >= 0.3 is 0 Å². The number of hydrogen-bond acceptors (Lipinski definition) is 1. The number of aromatic nitrogens is 2. The van der Waals surface area contributed by atoms with Gasteiger partial charge in [0, 0.05) is 11.9 Å². The van der Waals surface area contributed by atoms with Gasteiger partial charge < -0.3 is 4.57 Å². The highest BCUT2D eigenvalue weighted by Crippen LogP contribution is 2.47. The molecule has 0 spiro atoms. The topological polar surface area (TPSA) is 17.8 Å². The third kappa shape index (κ3) is 1.51. The molecule has 0 bridgehead atoms. The lowest BCUT2D eigenvalue weighted by atomic mass is 9.85. The average molecular weight is 226 g/mol. The SMILES string of the molecule is Cc1cncn1C1c2ccccc2CC1(C)C. The van der Waals surface area contributed by atoms with Crippen molar-refractivity contribution in [1.29, 1.82) is 0 Å². The Balaban J connectivity index is 2.18. The molecule has 2 nitrogen and oxygen atoms in total. The summed E-state index contributed by atoms with van der Waals surface area (Å²) in [6, 6.07) is 9.20. The van der Waals surface area contributed by atoms with Crippen molar-refractivity contribution in [2.24, 2.45) is 5.41 Å². The average Bonchev–Trinajstić information content (AvgIpc) is 2.77. The molecule has 1 heterocycles. The Hall–Kier alpha value is -1.57. The summed E-state index contributed by atoms with van der Waals surface area (Å²) in [5.74, 6) is 0. The van der Waals surface area contributed by atoms with Crippen LogP contribution < -0.4 is 0 Å². The number of imidazole rings is 1. The Kier molecular flexibility index (Phi) is 2.15. The molecule has 1 aromatic heterocycles. The van der Waals surface area contributed by atoms with E-state index in [1.54, 1.807) is 0 Å². The van der Waals surface area contributed by atoms with Crippen molar-refractivity contribution >= 4 is 0 Å². The van der Waals surface area contributed by atoms with E-state index in [0.29, 0.717) is 6.04 Å². The predicted octanol–water partition coefficient (Wildman–Crippen LogP) is 3.36. The molecule has 0 saturated carbocycles. The number of nitrogens with zero attached hydrogens (tertiary/aromatic N) is 2. The Bertz CT molecular complexity index is 552. The molecule has 0 N–H and O–H groups in total. The molecular formula is C15H18N2. The van der Waals surface area contributed by atoms with E-state index >= 15 is 0 Å². The molecule has 0 amide bonds.